The molecule has 0 radical (unpaired) electrons. The summed E-state index contributed by atoms with van der Waals surface area (Å²) in [7, 11) is -4.11. The molecule has 2 N–H and O–H groups in total. The largest absolute Gasteiger partial charge is 0.393 e. The Morgan fingerprint density at radius 2 is 1.88 bits per heavy atom. The summed E-state index contributed by atoms with van der Waals surface area (Å²) in [5.41, 5.74) is 0.457. The Morgan fingerprint density at radius 3 is 2.41 bits per heavy atom. The Labute approximate surface area is 98.6 Å². The van der Waals surface area contributed by atoms with E-state index in [0.29, 0.717) is 5.56 Å². The van der Waals surface area contributed by atoms with Gasteiger partial charge in [0.05, 0.1) is 6.61 Å². The van der Waals surface area contributed by atoms with Gasteiger partial charge in [-0.05, 0) is 5.56 Å². The molecule has 0 fully saturated rings. The van der Waals surface area contributed by atoms with Crippen LogP contribution in [0.1, 0.15) is 5.56 Å². The third kappa shape index (κ3) is 4.51. The van der Waals surface area contributed by atoms with Gasteiger partial charge in [0.15, 0.2) is 6.10 Å². The lowest BCUT2D eigenvalue weighted by molar-refractivity contribution is -0.145. The monoisotopic (exact) mass is 260 g/mol. The van der Waals surface area contributed by atoms with Gasteiger partial charge in [-0.3, -0.25) is 0 Å². The molecule has 0 spiro atoms. The van der Waals surface area contributed by atoms with Crippen molar-refractivity contribution < 1.29 is 27.6 Å². The highest BCUT2D eigenvalue weighted by molar-refractivity contribution is 7.86. The molecule has 0 aliphatic carbocycles. The minimum Gasteiger partial charge on any atom is -0.393 e. The van der Waals surface area contributed by atoms with E-state index in [0.717, 1.165) is 0 Å². The lowest BCUT2D eigenvalue weighted by Gasteiger charge is -2.08. The van der Waals surface area contributed by atoms with Crippen LogP contribution in [0.4, 0.5) is 0 Å². The van der Waals surface area contributed by atoms with Crippen molar-refractivity contribution in [3.63, 3.8) is 0 Å². The third-order valence-electron chi connectivity index (χ3n) is 1.84. The molecule has 1 rings (SSSR count). The number of aliphatic hydroxyl groups is 2. The van der Waals surface area contributed by atoms with Gasteiger partial charge in [-0.2, -0.15) is 8.42 Å². The minimum atomic E-state index is -4.11. The highest BCUT2D eigenvalue weighted by Crippen LogP contribution is 2.08. The van der Waals surface area contributed by atoms with Crippen molar-refractivity contribution in [3.8, 4) is 0 Å². The van der Waals surface area contributed by atoms with Gasteiger partial charge in [-0.1, -0.05) is 30.3 Å². The van der Waals surface area contributed by atoms with Crippen LogP contribution in [-0.2, 0) is 24.8 Å². The fourth-order valence-electron chi connectivity index (χ4n) is 1.06. The highest BCUT2D eigenvalue weighted by Gasteiger charge is 2.23. The molecule has 0 aliphatic rings. The first-order valence-corrected chi connectivity index (χ1v) is 6.31. The topological polar surface area (TPSA) is 101 Å². The Balaban J connectivity index is 2.67. The molecule has 0 bridgehead atoms. The SMILES string of the molecule is O=C(OS(=O)(=O)Cc1ccccc1)C(O)CO. The summed E-state index contributed by atoms with van der Waals surface area (Å²) in [6.45, 7) is -0.889. The van der Waals surface area contributed by atoms with E-state index in [1.807, 2.05) is 0 Å². The maximum Gasteiger partial charge on any atom is 0.352 e. The Bertz CT molecular complexity index is 467. The number of carbonyl (C=O) groups is 1. The third-order valence-corrected chi connectivity index (χ3v) is 2.95. The fraction of sp³-hybridized carbons (Fsp3) is 0.300. The van der Waals surface area contributed by atoms with Crippen LogP contribution < -0.4 is 0 Å². The molecule has 1 unspecified atom stereocenters. The smallest absolute Gasteiger partial charge is 0.352 e. The minimum absolute atomic E-state index is 0.457. The first-order chi connectivity index (χ1) is 7.94. The summed E-state index contributed by atoms with van der Waals surface area (Å²) in [5.74, 6) is -1.86. The van der Waals surface area contributed by atoms with Gasteiger partial charge in [0.1, 0.15) is 5.75 Å². The Kier molecular flexibility index (Phi) is 4.62. The van der Waals surface area contributed by atoms with Gasteiger partial charge in [0.2, 0.25) is 0 Å². The standard InChI is InChI=1S/C10H12O6S/c11-6-9(12)10(13)16-17(14,15)7-8-4-2-1-3-5-8/h1-5,9,11-12H,6-7H2. The Morgan fingerprint density at radius 1 is 1.29 bits per heavy atom. The second kappa shape index (κ2) is 5.76. The first-order valence-electron chi connectivity index (χ1n) is 4.73. The van der Waals surface area contributed by atoms with E-state index in [1.165, 1.54) is 0 Å². The predicted molar refractivity (Wildman–Crippen MR) is 58.3 cm³/mol. The first kappa shape index (κ1) is 13.6. The summed E-state index contributed by atoms with van der Waals surface area (Å²) in [5, 5.41) is 17.3. The van der Waals surface area contributed by atoms with Crippen LogP contribution in [0.3, 0.4) is 0 Å². The van der Waals surface area contributed by atoms with Gasteiger partial charge < -0.3 is 14.4 Å². The summed E-state index contributed by atoms with van der Waals surface area (Å²) in [4.78, 5) is 11.0. The molecule has 1 atom stereocenters. The van der Waals surface area contributed by atoms with Crippen LogP contribution in [0.15, 0.2) is 30.3 Å². The molecule has 0 aliphatic heterocycles. The van der Waals surface area contributed by atoms with E-state index in [-0.39, 0.29) is 0 Å². The van der Waals surface area contributed by atoms with Crippen molar-refractivity contribution in [2.45, 2.75) is 11.9 Å². The molecule has 0 saturated carbocycles. The number of carbonyl (C=O) groups excluding carboxylic acids is 1. The summed E-state index contributed by atoms with van der Waals surface area (Å²) in [6.07, 6.45) is -1.85. The quantitative estimate of drug-likeness (QED) is 0.686. The number of benzene rings is 1. The average molecular weight is 260 g/mol. The molecule has 0 saturated heterocycles. The molecule has 0 amide bonds. The van der Waals surface area contributed by atoms with Crippen molar-refractivity contribution in [3.05, 3.63) is 35.9 Å². The van der Waals surface area contributed by atoms with E-state index in [9.17, 15) is 13.2 Å². The Hall–Kier alpha value is -1.44. The molecule has 17 heavy (non-hydrogen) atoms. The number of aliphatic hydroxyl groups excluding tert-OH is 2. The molecule has 0 aromatic heterocycles. The lowest BCUT2D eigenvalue weighted by Crippen LogP contribution is -2.29. The van der Waals surface area contributed by atoms with Crippen molar-refractivity contribution in [2.24, 2.45) is 0 Å². The molecule has 0 heterocycles. The normalized spacial score (nSPS) is 13.1. The van der Waals surface area contributed by atoms with E-state index < -0.39 is 34.6 Å². The zero-order chi connectivity index (χ0) is 12.9. The van der Waals surface area contributed by atoms with E-state index in [4.69, 9.17) is 10.2 Å². The molecule has 94 valence electrons. The zero-order valence-electron chi connectivity index (χ0n) is 8.81. The van der Waals surface area contributed by atoms with Crippen molar-refractivity contribution in [1.82, 2.24) is 0 Å². The van der Waals surface area contributed by atoms with Crippen LogP contribution in [0.25, 0.3) is 0 Å². The van der Waals surface area contributed by atoms with Crippen LogP contribution in [0.2, 0.25) is 0 Å². The summed E-state index contributed by atoms with van der Waals surface area (Å²) >= 11 is 0. The van der Waals surface area contributed by atoms with Gasteiger partial charge in [0, 0.05) is 0 Å². The zero-order valence-corrected chi connectivity index (χ0v) is 9.63. The van der Waals surface area contributed by atoms with Gasteiger partial charge in [-0.25, -0.2) is 4.79 Å². The number of hydrogen-bond donors (Lipinski definition) is 2. The van der Waals surface area contributed by atoms with Gasteiger partial charge in [-0.15, -0.1) is 0 Å². The fourth-order valence-corrected chi connectivity index (χ4v) is 2.08. The van der Waals surface area contributed by atoms with E-state index >= 15 is 0 Å². The van der Waals surface area contributed by atoms with Crippen LogP contribution in [0, 0.1) is 0 Å². The molecule has 1 aromatic carbocycles. The van der Waals surface area contributed by atoms with Crippen LogP contribution >= 0.6 is 0 Å². The van der Waals surface area contributed by atoms with Crippen LogP contribution in [0.5, 0.6) is 0 Å². The van der Waals surface area contributed by atoms with Gasteiger partial charge >= 0.3 is 16.1 Å². The maximum absolute atomic E-state index is 11.4. The van der Waals surface area contributed by atoms with Crippen molar-refractivity contribution in [2.75, 3.05) is 6.61 Å². The van der Waals surface area contributed by atoms with E-state index in [1.54, 1.807) is 30.3 Å². The summed E-state index contributed by atoms with van der Waals surface area (Å²) in [6, 6.07) is 8.14. The molecule has 6 nitrogen and oxygen atoms in total. The molecule has 7 heteroatoms. The summed E-state index contributed by atoms with van der Waals surface area (Å²) < 4.78 is 26.9. The highest BCUT2D eigenvalue weighted by atomic mass is 32.2. The second-order valence-corrected chi connectivity index (χ2v) is 4.86. The lowest BCUT2D eigenvalue weighted by atomic mass is 10.2. The predicted octanol–water partition coefficient (Wildman–Crippen LogP) is -0.587. The number of rotatable bonds is 5. The van der Waals surface area contributed by atoms with Crippen LogP contribution in [-0.4, -0.2) is 37.3 Å². The van der Waals surface area contributed by atoms with Gasteiger partial charge in [0.25, 0.3) is 0 Å². The van der Waals surface area contributed by atoms with E-state index in [2.05, 4.69) is 4.18 Å². The average Bonchev–Trinajstić information content (AvgIpc) is 2.27. The second-order valence-electron chi connectivity index (χ2n) is 3.29. The molecule has 1 aromatic rings. The van der Waals surface area contributed by atoms with Crippen molar-refractivity contribution >= 4 is 16.1 Å². The maximum atomic E-state index is 11.4. The number of hydrogen-bond acceptors (Lipinski definition) is 6. The molecular weight excluding hydrogens is 248 g/mol. The molecular formula is C10H12O6S. The van der Waals surface area contributed by atoms with Crippen molar-refractivity contribution in [1.29, 1.82) is 0 Å².